The number of nitrogens with zero attached hydrogens (tertiary/aromatic N) is 1. The van der Waals surface area contributed by atoms with Crippen LogP contribution in [-0.2, 0) is 6.54 Å². The van der Waals surface area contributed by atoms with E-state index in [0.717, 1.165) is 31.6 Å². The van der Waals surface area contributed by atoms with Crippen LogP contribution in [0.2, 0.25) is 0 Å². The van der Waals surface area contributed by atoms with Gasteiger partial charge in [-0.1, -0.05) is 32.8 Å². The largest absolute Gasteiger partial charge is 0.313 e. The van der Waals surface area contributed by atoms with Crippen LogP contribution in [0.3, 0.4) is 0 Å². The molecule has 0 spiro atoms. The molecule has 1 fully saturated rings. The fourth-order valence-corrected chi connectivity index (χ4v) is 3.76. The van der Waals surface area contributed by atoms with Gasteiger partial charge in [-0.25, -0.2) is 0 Å². The van der Waals surface area contributed by atoms with Gasteiger partial charge >= 0.3 is 0 Å². The first-order chi connectivity index (χ1) is 9.28. The van der Waals surface area contributed by atoms with Crippen molar-refractivity contribution in [3.63, 3.8) is 0 Å². The summed E-state index contributed by atoms with van der Waals surface area (Å²) in [5.41, 5.74) is 0. The van der Waals surface area contributed by atoms with Gasteiger partial charge in [0.05, 0.1) is 0 Å². The number of nitrogens with one attached hydrogen (secondary N) is 1. The van der Waals surface area contributed by atoms with E-state index >= 15 is 0 Å². The van der Waals surface area contributed by atoms with E-state index in [9.17, 15) is 0 Å². The quantitative estimate of drug-likeness (QED) is 0.818. The summed E-state index contributed by atoms with van der Waals surface area (Å²) in [6.45, 7) is 9.20. The Morgan fingerprint density at radius 1 is 1.42 bits per heavy atom. The Bertz CT molecular complexity index is 337. The van der Waals surface area contributed by atoms with E-state index in [0.29, 0.717) is 0 Å². The van der Waals surface area contributed by atoms with Gasteiger partial charge in [-0.05, 0) is 36.8 Å². The maximum Gasteiger partial charge on any atom is 0.0328 e. The first-order valence-corrected chi connectivity index (χ1v) is 8.64. The molecule has 1 aliphatic carbocycles. The van der Waals surface area contributed by atoms with Crippen molar-refractivity contribution in [3.8, 4) is 0 Å². The van der Waals surface area contributed by atoms with E-state index in [1.165, 1.54) is 37.1 Å². The molecule has 2 atom stereocenters. The molecule has 0 bridgehead atoms. The van der Waals surface area contributed by atoms with Gasteiger partial charge in [0.25, 0.3) is 0 Å². The highest BCUT2D eigenvalue weighted by molar-refractivity contribution is 7.09. The number of rotatable bonds is 7. The Morgan fingerprint density at radius 3 is 3.00 bits per heavy atom. The van der Waals surface area contributed by atoms with Crippen LogP contribution in [0.15, 0.2) is 17.5 Å². The average Bonchev–Trinajstić information content (AvgIpc) is 2.90. The van der Waals surface area contributed by atoms with Crippen LogP contribution in [0, 0.1) is 5.92 Å². The molecule has 1 aliphatic rings. The first-order valence-electron chi connectivity index (χ1n) is 7.76. The van der Waals surface area contributed by atoms with E-state index in [2.05, 4.69) is 41.6 Å². The van der Waals surface area contributed by atoms with Crippen LogP contribution in [-0.4, -0.2) is 30.6 Å². The summed E-state index contributed by atoms with van der Waals surface area (Å²) in [6.07, 6.45) is 5.58. The van der Waals surface area contributed by atoms with Crippen molar-refractivity contribution in [1.29, 1.82) is 0 Å². The third kappa shape index (κ3) is 5.25. The zero-order valence-electron chi connectivity index (χ0n) is 12.4. The maximum atomic E-state index is 3.76. The molecule has 0 aliphatic heterocycles. The number of likely N-dealkylation sites (N-methyl/N-ethyl adjacent to an activating group) is 1. The van der Waals surface area contributed by atoms with E-state index in [-0.39, 0.29) is 0 Å². The second-order valence-corrected chi connectivity index (χ2v) is 6.90. The maximum absolute atomic E-state index is 3.76. The molecule has 1 aromatic heterocycles. The monoisotopic (exact) mass is 280 g/mol. The second-order valence-electron chi connectivity index (χ2n) is 5.87. The van der Waals surface area contributed by atoms with Gasteiger partial charge in [-0.2, -0.15) is 0 Å². The smallest absolute Gasteiger partial charge is 0.0328 e. The lowest BCUT2D eigenvalue weighted by Crippen LogP contribution is -2.39. The van der Waals surface area contributed by atoms with Gasteiger partial charge in [-0.15, -0.1) is 11.3 Å². The third-order valence-corrected chi connectivity index (χ3v) is 5.07. The van der Waals surface area contributed by atoms with Crippen LogP contribution in [0.25, 0.3) is 0 Å². The van der Waals surface area contributed by atoms with Gasteiger partial charge in [0.2, 0.25) is 0 Å². The minimum atomic E-state index is 0.768. The standard InChI is InChI=1S/C16H28N2S/c1-3-18(13-16-8-5-11-19-16)10-9-17-15-7-4-6-14(2)12-15/h5,8,11,14-15,17H,3-4,6-7,9-10,12-13H2,1-2H3. The summed E-state index contributed by atoms with van der Waals surface area (Å²) in [5.74, 6) is 0.916. The lowest BCUT2D eigenvalue weighted by molar-refractivity contribution is 0.255. The highest BCUT2D eigenvalue weighted by Gasteiger charge is 2.18. The Labute approximate surface area is 122 Å². The van der Waals surface area contributed by atoms with Crippen LogP contribution in [0.4, 0.5) is 0 Å². The molecule has 1 N–H and O–H groups in total. The molecule has 0 amide bonds. The number of hydrogen-bond donors (Lipinski definition) is 1. The van der Waals surface area contributed by atoms with Crippen molar-refractivity contribution in [3.05, 3.63) is 22.4 Å². The highest BCUT2D eigenvalue weighted by atomic mass is 32.1. The van der Waals surface area contributed by atoms with Crippen LogP contribution >= 0.6 is 11.3 Å². The van der Waals surface area contributed by atoms with Crippen molar-refractivity contribution in [2.24, 2.45) is 5.92 Å². The number of thiophene rings is 1. The zero-order chi connectivity index (χ0) is 13.5. The van der Waals surface area contributed by atoms with E-state index in [1.807, 2.05) is 11.3 Å². The fourth-order valence-electron chi connectivity index (χ4n) is 3.02. The van der Waals surface area contributed by atoms with Gasteiger partial charge in [-0.3, -0.25) is 4.90 Å². The van der Waals surface area contributed by atoms with Gasteiger partial charge in [0.1, 0.15) is 0 Å². The van der Waals surface area contributed by atoms with Crippen LogP contribution in [0.5, 0.6) is 0 Å². The van der Waals surface area contributed by atoms with Crippen LogP contribution in [0.1, 0.15) is 44.4 Å². The summed E-state index contributed by atoms with van der Waals surface area (Å²) in [6, 6.07) is 5.16. The van der Waals surface area contributed by atoms with Crippen molar-refractivity contribution in [2.75, 3.05) is 19.6 Å². The fraction of sp³-hybridized carbons (Fsp3) is 0.750. The molecule has 0 radical (unpaired) electrons. The molecule has 0 aromatic carbocycles. The minimum Gasteiger partial charge on any atom is -0.313 e. The van der Waals surface area contributed by atoms with Gasteiger partial charge in [0.15, 0.2) is 0 Å². The third-order valence-electron chi connectivity index (χ3n) is 4.20. The van der Waals surface area contributed by atoms with E-state index < -0.39 is 0 Å². The van der Waals surface area contributed by atoms with E-state index in [4.69, 9.17) is 0 Å². The Morgan fingerprint density at radius 2 is 2.32 bits per heavy atom. The predicted octanol–water partition coefficient (Wildman–Crippen LogP) is 3.74. The lowest BCUT2D eigenvalue weighted by Gasteiger charge is -2.28. The molecular weight excluding hydrogens is 252 g/mol. The molecule has 108 valence electrons. The molecule has 1 saturated carbocycles. The molecule has 2 nitrogen and oxygen atoms in total. The Hall–Kier alpha value is -0.380. The van der Waals surface area contributed by atoms with Crippen LogP contribution < -0.4 is 5.32 Å². The summed E-state index contributed by atoms with van der Waals surface area (Å²) in [7, 11) is 0. The molecule has 1 heterocycles. The van der Waals surface area contributed by atoms with Gasteiger partial charge < -0.3 is 5.32 Å². The first kappa shape index (κ1) is 15.0. The lowest BCUT2D eigenvalue weighted by atomic mass is 9.87. The molecular formula is C16H28N2S. The molecule has 19 heavy (non-hydrogen) atoms. The van der Waals surface area contributed by atoms with Gasteiger partial charge in [0, 0.05) is 30.6 Å². The summed E-state index contributed by atoms with van der Waals surface area (Å²) in [4.78, 5) is 4.01. The summed E-state index contributed by atoms with van der Waals surface area (Å²) >= 11 is 1.87. The second kappa shape index (κ2) is 8.03. The predicted molar refractivity (Wildman–Crippen MR) is 84.7 cm³/mol. The highest BCUT2D eigenvalue weighted by Crippen LogP contribution is 2.23. The molecule has 1 aromatic rings. The van der Waals surface area contributed by atoms with Crippen molar-refractivity contribution in [1.82, 2.24) is 10.2 Å². The summed E-state index contributed by atoms with van der Waals surface area (Å²) < 4.78 is 0. The molecule has 3 heteroatoms. The summed E-state index contributed by atoms with van der Waals surface area (Å²) in [5, 5.41) is 5.93. The average molecular weight is 280 g/mol. The van der Waals surface area contributed by atoms with Crippen molar-refractivity contribution in [2.45, 2.75) is 52.1 Å². The molecule has 0 saturated heterocycles. The SMILES string of the molecule is CCN(CCNC1CCCC(C)C1)Cc1cccs1. The van der Waals surface area contributed by atoms with Crippen molar-refractivity contribution < 1.29 is 0 Å². The number of hydrogen-bond acceptors (Lipinski definition) is 3. The normalized spacial score (nSPS) is 23.9. The van der Waals surface area contributed by atoms with E-state index in [1.54, 1.807) is 0 Å². The Kier molecular flexibility index (Phi) is 6.35. The zero-order valence-corrected chi connectivity index (χ0v) is 13.2. The minimum absolute atomic E-state index is 0.768. The molecule has 2 rings (SSSR count). The Balaban J connectivity index is 1.65. The van der Waals surface area contributed by atoms with Crippen molar-refractivity contribution >= 4 is 11.3 Å². The topological polar surface area (TPSA) is 15.3 Å². The molecule has 2 unspecified atom stereocenters.